The standard InChI is InChI=1S/C9H14N2O2S/c1-7-6-8(10)4-5-9(7)11(2)14(3,12)13/h4-6H,10H2,1-3H3. The highest BCUT2D eigenvalue weighted by Gasteiger charge is 2.13. The van der Waals surface area contributed by atoms with Gasteiger partial charge in [0.25, 0.3) is 0 Å². The van der Waals surface area contributed by atoms with Gasteiger partial charge >= 0.3 is 0 Å². The third kappa shape index (κ3) is 2.17. The van der Waals surface area contributed by atoms with Crippen molar-refractivity contribution in [2.24, 2.45) is 0 Å². The maximum Gasteiger partial charge on any atom is 0.232 e. The number of nitrogen functional groups attached to an aromatic ring is 1. The summed E-state index contributed by atoms with van der Waals surface area (Å²) in [6.07, 6.45) is 1.17. The van der Waals surface area contributed by atoms with Crippen molar-refractivity contribution in [3.63, 3.8) is 0 Å². The minimum absolute atomic E-state index is 0.633. The van der Waals surface area contributed by atoms with Gasteiger partial charge in [-0.25, -0.2) is 8.42 Å². The van der Waals surface area contributed by atoms with E-state index in [0.29, 0.717) is 11.4 Å². The molecule has 5 heteroatoms. The molecule has 4 nitrogen and oxygen atoms in total. The minimum Gasteiger partial charge on any atom is -0.399 e. The highest BCUT2D eigenvalue weighted by molar-refractivity contribution is 7.92. The SMILES string of the molecule is Cc1cc(N)ccc1N(C)S(C)(=O)=O. The molecule has 2 N–H and O–H groups in total. The lowest BCUT2D eigenvalue weighted by Crippen LogP contribution is -2.25. The molecule has 0 saturated carbocycles. The Hall–Kier alpha value is -1.23. The molecule has 0 aliphatic heterocycles. The van der Waals surface area contributed by atoms with Gasteiger partial charge in [-0.3, -0.25) is 4.31 Å². The van der Waals surface area contributed by atoms with Gasteiger partial charge in [-0.05, 0) is 30.7 Å². The molecule has 0 aliphatic rings. The number of anilines is 2. The van der Waals surface area contributed by atoms with Crippen LogP contribution in [0.15, 0.2) is 18.2 Å². The highest BCUT2D eigenvalue weighted by Crippen LogP contribution is 2.22. The molecule has 0 spiro atoms. The monoisotopic (exact) mass is 214 g/mol. The number of hydrogen-bond donors (Lipinski definition) is 1. The van der Waals surface area contributed by atoms with E-state index in [-0.39, 0.29) is 0 Å². The van der Waals surface area contributed by atoms with Gasteiger partial charge in [-0.15, -0.1) is 0 Å². The molecule has 1 aromatic carbocycles. The topological polar surface area (TPSA) is 63.4 Å². The van der Waals surface area contributed by atoms with E-state index >= 15 is 0 Å². The molecule has 0 atom stereocenters. The molecule has 0 aromatic heterocycles. The van der Waals surface area contributed by atoms with Gasteiger partial charge in [0.1, 0.15) is 0 Å². The number of nitrogens with zero attached hydrogens (tertiary/aromatic N) is 1. The molecule has 14 heavy (non-hydrogen) atoms. The van der Waals surface area contributed by atoms with Crippen LogP contribution in [0, 0.1) is 6.92 Å². The second-order valence-electron chi connectivity index (χ2n) is 3.28. The van der Waals surface area contributed by atoms with Crippen LogP contribution in [0.3, 0.4) is 0 Å². The molecule has 78 valence electrons. The van der Waals surface area contributed by atoms with Crippen molar-refractivity contribution in [2.45, 2.75) is 6.92 Å². The third-order valence-electron chi connectivity index (χ3n) is 2.06. The Labute approximate surface area is 84.4 Å². The van der Waals surface area contributed by atoms with E-state index in [1.54, 1.807) is 18.2 Å². The van der Waals surface area contributed by atoms with Gasteiger partial charge in [0.05, 0.1) is 11.9 Å². The van der Waals surface area contributed by atoms with Crippen molar-refractivity contribution in [1.82, 2.24) is 0 Å². The molecule has 0 amide bonds. The summed E-state index contributed by atoms with van der Waals surface area (Å²) in [7, 11) is -1.68. The van der Waals surface area contributed by atoms with Crippen molar-refractivity contribution in [3.05, 3.63) is 23.8 Å². The molecule has 0 radical (unpaired) electrons. The molecular formula is C9H14N2O2S. The summed E-state index contributed by atoms with van der Waals surface area (Å²) < 4.78 is 23.8. The van der Waals surface area contributed by atoms with E-state index in [4.69, 9.17) is 5.73 Å². The summed E-state index contributed by atoms with van der Waals surface area (Å²) >= 11 is 0. The van der Waals surface area contributed by atoms with Crippen LogP contribution < -0.4 is 10.0 Å². The molecule has 0 saturated heterocycles. The summed E-state index contributed by atoms with van der Waals surface area (Å²) in [5.74, 6) is 0. The predicted octanol–water partition coefficient (Wildman–Crippen LogP) is 0.973. The zero-order valence-electron chi connectivity index (χ0n) is 8.48. The fraction of sp³-hybridized carbons (Fsp3) is 0.333. The number of sulfonamides is 1. The van der Waals surface area contributed by atoms with Crippen LogP contribution in [-0.2, 0) is 10.0 Å². The molecule has 0 aliphatic carbocycles. The minimum atomic E-state index is -3.20. The molecule has 0 unspecified atom stereocenters. The highest BCUT2D eigenvalue weighted by atomic mass is 32.2. The van der Waals surface area contributed by atoms with Crippen molar-refractivity contribution in [1.29, 1.82) is 0 Å². The van der Waals surface area contributed by atoms with Crippen LogP contribution in [0.25, 0.3) is 0 Å². The first-order valence-electron chi connectivity index (χ1n) is 4.12. The lowest BCUT2D eigenvalue weighted by atomic mass is 10.2. The maximum atomic E-state index is 11.3. The van der Waals surface area contributed by atoms with Crippen LogP contribution in [0.2, 0.25) is 0 Å². The van der Waals surface area contributed by atoms with Crippen molar-refractivity contribution >= 4 is 21.4 Å². The number of benzene rings is 1. The van der Waals surface area contributed by atoms with E-state index in [9.17, 15) is 8.42 Å². The average molecular weight is 214 g/mol. The van der Waals surface area contributed by atoms with Crippen molar-refractivity contribution < 1.29 is 8.42 Å². The first-order chi connectivity index (χ1) is 6.32. The van der Waals surface area contributed by atoms with Gasteiger partial charge in [-0.2, -0.15) is 0 Å². The van der Waals surface area contributed by atoms with Crippen LogP contribution in [-0.4, -0.2) is 21.7 Å². The number of nitrogens with two attached hydrogens (primary N) is 1. The van der Waals surface area contributed by atoms with Crippen molar-refractivity contribution in [3.8, 4) is 0 Å². The first kappa shape index (κ1) is 10.8. The Kier molecular flexibility index (Phi) is 2.71. The van der Waals surface area contributed by atoms with Crippen LogP contribution >= 0.6 is 0 Å². The Bertz CT molecular complexity index is 440. The van der Waals surface area contributed by atoms with Crippen LogP contribution in [0.1, 0.15) is 5.56 Å². The van der Waals surface area contributed by atoms with E-state index in [1.807, 2.05) is 6.92 Å². The molecular weight excluding hydrogens is 200 g/mol. The second kappa shape index (κ2) is 3.49. The normalized spacial score (nSPS) is 11.4. The molecule has 0 bridgehead atoms. The number of aryl methyl sites for hydroxylation is 1. The van der Waals surface area contributed by atoms with Crippen molar-refractivity contribution in [2.75, 3.05) is 23.3 Å². The Morgan fingerprint density at radius 3 is 2.36 bits per heavy atom. The fourth-order valence-electron chi connectivity index (χ4n) is 1.21. The molecule has 0 fully saturated rings. The summed E-state index contributed by atoms with van der Waals surface area (Å²) in [5.41, 5.74) is 7.70. The molecule has 1 aromatic rings. The zero-order valence-corrected chi connectivity index (χ0v) is 9.30. The molecule has 1 rings (SSSR count). The maximum absolute atomic E-state index is 11.3. The molecule has 0 heterocycles. The second-order valence-corrected chi connectivity index (χ2v) is 5.29. The predicted molar refractivity (Wildman–Crippen MR) is 58.8 cm³/mol. The number of hydrogen-bond acceptors (Lipinski definition) is 3. The fourth-order valence-corrected chi connectivity index (χ4v) is 1.77. The summed E-state index contributed by atoms with van der Waals surface area (Å²) in [4.78, 5) is 0. The lowest BCUT2D eigenvalue weighted by Gasteiger charge is -2.18. The summed E-state index contributed by atoms with van der Waals surface area (Å²) in [6.45, 7) is 1.83. The van der Waals surface area contributed by atoms with Gasteiger partial charge in [0.15, 0.2) is 0 Å². The average Bonchev–Trinajstić information content (AvgIpc) is 2.01. The van der Waals surface area contributed by atoms with Crippen LogP contribution in [0.4, 0.5) is 11.4 Å². The Morgan fingerprint density at radius 2 is 1.93 bits per heavy atom. The van der Waals surface area contributed by atoms with Gasteiger partial charge < -0.3 is 5.73 Å². The van der Waals surface area contributed by atoms with Crippen LogP contribution in [0.5, 0.6) is 0 Å². The van der Waals surface area contributed by atoms with E-state index in [0.717, 1.165) is 5.56 Å². The van der Waals surface area contributed by atoms with Gasteiger partial charge in [-0.1, -0.05) is 0 Å². The largest absolute Gasteiger partial charge is 0.399 e. The van der Waals surface area contributed by atoms with Gasteiger partial charge in [0.2, 0.25) is 10.0 Å². The first-order valence-corrected chi connectivity index (χ1v) is 5.97. The Balaban J connectivity index is 3.21. The van der Waals surface area contributed by atoms with Gasteiger partial charge in [0, 0.05) is 12.7 Å². The number of rotatable bonds is 2. The van der Waals surface area contributed by atoms with E-state index in [1.165, 1.54) is 17.6 Å². The third-order valence-corrected chi connectivity index (χ3v) is 3.25. The zero-order chi connectivity index (χ0) is 10.9. The quantitative estimate of drug-likeness (QED) is 0.746. The lowest BCUT2D eigenvalue weighted by molar-refractivity contribution is 0.600. The smallest absolute Gasteiger partial charge is 0.232 e. The Morgan fingerprint density at radius 1 is 1.36 bits per heavy atom. The summed E-state index contributed by atoms with van der Waals surface area (Å²) in [5, 5.41) is 0. The summed E-state index contributed by atoms with van der Waals surface area (Å²) in [6, 6.07) is 5.13. The van der Waals surface area contributed by atoms with E-state index in [2.05, 4.69) is 0 Å². The van der Waals surface area contributed by atoms with E-state index < -0.39 is 10.0 Å².